The van der Waals surface area contributed by atoms with Crippen molar-refractivity contribution < 1.29 is 34.8 Å². The van der Waals surface area contributed by atoms with Gasteiger partial charge in [0.25, 0.3) is 9.84 Å². The first-order valence-corrected chi connectivity index (χ1v) is 9.30. The molecule has 0 heterocycles. The van der Waals surface area contributed by atoms with Crippen molar-refractivity contribution in [2.24, 2.45) is 5.14 Å². The lowest BCUT2D eigenvalue weighted by Gasteiger charge is -2.15. The number of nitrogens with two attached hydrogens (primary N) is 1. The van der Waals surface area contributed by atoms with Crippen LogP contribution in [0.4, 0.5) is 23.7 Å². The number of sulfone groups is 1. The maximum atomic E-state index is 12.8. The van der Waals surface area contributed by atoms with E-state index in [0.717, 1.165) is 6.07 Å². The van der Waals surface area contributed by atoms with Gasteiger partial charge < -0.3 is 10.6 Å². The zero-order valence-corrected chi connectivity index (χ0v) is 13.9. The molecule has 0 atom stereocenters. The number of hydrogen-bond donors (Lipinski definition) is 3. The molecule has 0 fully saturated rings. The molecule has 0 saturated heterocycles. The first-order valence-electron chi connectivity index (χ1n) is 6.27. The molecule has 138 valence electrons. The molecule has 0 unspecified atom stereocenters. The van der Waals surface area contributed by atoms with E-state index in [-0.39, 0.29) is 19.0 Å². The number of carbonyl (C=O) groups excluding carboxylic acids is 1. The van der Waals surface area contributed by atoms with Crippen LogP contribution < -0.4 is 15.8 Å². The van der Waals surface area contributed by atoms with Gasteiger partial charge in [0.05, 0.1) is 10.6 Å². The third-order valence-corrected chi connectivity index (χ3v) is 5.12. The normalized spacial score (nSPS) is 12.3. The van der Waals surface area contributed by atoms with Crippen LogP contribution in [-0.4, -0.2) is 34.9 Å². The van der Waals surface area contributed by atoms with Crippen LogP contribution in [0.1, 0.15) is 6.42 Å². The SMILES string of the molecule is C#CCCNC(=O)Nc1ccc(S(N)(=O)=O)cc1S(=O)(=O)C(F)(F)F. The summed E-state index contributed by atoms with van der Waals surface area (Å²) in [5.41, 5.74) is -6.50. The van der Waals surface area contributed by atoms with Crippen LogP contribution in [0.5, 0.6) is 0 Å². The van der Waals surface area contributed by atoms with Crippen molar-refractivity contribution in [2.75, 3.05) is 11.9 Å². The van der Waals surface area contributed by atoms with Crippen molar-refractivity contribution in [3.63, 3.8) is 0 Å². The number of benzene rings is 1. The topological polar surface area (TPSA) is 135 Å². The zero-order valence-electron chi connectivity index (χ0n) is 12.3. The van der Waals surface area contributed by atoms with Gasteiger partial charge in [-0.15, -0.1) is 12.3 Å². The monoisotopic (exact) mass is 399 g/mol. The lowest BCUT2D eigenvalue weighted by atomic mass is 10.3. The average Bonchev–Trinajstić information content (AvgIpc) is 2.45. The Balaban J connectivity index is 3.40. The van der Waals surface area contributed by atoms with Crippen LogP contribution in [0.3, 0.4) is 0 Å². The summed E-state index contributed by atoms with van der Waals surface area (Å²) >= 11 is 0. The Morgan fingerprint density at radius 1 is 1.24 bits per heavy atom. The highest BCUT2D eigenvalue weighted by molar-refractivity contribution is 7.92. The standard InChI is InChI=1S/C12H12F3N3O5S2/c1-2-3-6-17-11(19)18-9-5-4-8(25(16,22)23)7-10(9)24(20,21)12(13,14)15/h1,4-5,7H,3,6H2,(H2,16,22,23)(H2,17,18,19). The lowest BCUT2D eigenvalue weighted by molar-refractivity contribution is -0.0435. The molecule has 0 spiro atoms. The van der Waals surface area contributed by atoms with E-state index in [1.54, 1.807) is 0 Å². The first-order chi connectivity index (χ1) is 11.3. The largest absolute Gasteiger partial charge is 0.501 e. The molecule has 0 aliphatic heterocycles. The van der Waals surface area contributed by atoms with E-state index in [2.05, 4.69) is 11.2 Å². The van der Waals surface area contributed by atoms with E-state index in [9.17, 15) is 34.8 Å². The minimum atomic E-state index is -5.96. The molecule has 8 nitrogen and oxygen atoms in total. The number of halogens is 3. The molecule has 1 aromatic carbocycles. The lowest BCUT2D eigenvalue weighted by Crippen LogP contribution is -2.31. The van der Waals surface area contributed by atoms with Gasteiger partial charge in [0.15, 0.2) is 0 Å². The summed E-state index contributed by atoms with van der Waals surface area (Å²) in [5.74, 6) is 2.20. The highest BCUT2D eigenvalue weighted by Gasteiger charge is 2.48. The summed E-state index contributed by atoms with van der Waals surface area (Å²) < 4.78 is 84.2. The number of nitrogens with one attached hydrogen (secondary N) is 2. The number of rotatable bonds is 5. The summed E-state index contributed by atoms with van der Waals surface area (Å²) in [5, 5.41) is 8.86. The molecular weight excluding hydrogens is 387 g/mol. The minimum Gasteiger partial charge on any atom is -0.337 e. The molecule has 1 aromatic rings. The van der Waals surface area contributed by atoms with E-state index < -0.39 is 46.9 Å². The van der Waals surface area contributed by atoms with Crippen molar-refractivity contribution in [3.8, 4) is 12.3 Å². The number of sulfonamides is 1. The summed E-state index contributed by atoms with van der Waals surface area (Å²) in [6.45, 7) is -0.0149. The molecule has 2 amide bonds. The average molecular weight is 399 g/mol. The number of amides is 2. The van der Waals surface area contributed by atoms with Gasteiger partial charge in [-0.1, -0.05) is 0 Å². The molecule has 25 heavy (non-hydrogen) atoms. The van der Waals surface area contributed by atoms with Crippen molar-refractivity contribution in [2.45, 2.75) is 21.7 Å². The number of terminal acetylenes is 1. The molecule has 1 rings (SSSR count). The van der Waals surface area contributed by atoms with Crippen molar-refractivity contribution in [1.29, 1.82) is 0 Å². The van der Waals surface area contributed by atoms with Gasteiger partial charge >= 0.3 is 11.5 Å². The van der Waals surface area contributed by atoms with Crippen LogP contribution in [-0.2, 0) is 19.9 Å². The van der Waals surface area contributed by atoms with E-state index >= 15 is 0 Å². The Kier molecular flexibility index (Phi) is 6.05. The van der Waals surface area contributed by atoms with Crippen molar-refractivity contribution in [3.05, 3.63) is 18.2 Å². The fourth-order valence-corrected chi connectivity index (χ4v) is 3.10. The van der Waals surface area contributed by atoms with E-state index in [1.165, 1.54) is 0 Å². The maximum Gasteiger partial charge on any atom is 0.501 e. The molecule has 0 saturated carbocycles. The van der Waals surface area contributed by atoms with E-state index in [1.807, 2.05) is 5.32 Å². The summed E-state index contributed by atoms with van der Waals surface area (Å²) in [6.07, 6.45) is 5.09. The Bertz CT molecular complexity index is 918. The number of hydrogen-bond acceptors (Lipinski definition) is 5. The Morgan fingerprint density at radius 2 is 1.84 bits per heavy atom. The number of carbonyl (C=O) groups is 1. The second kappa shape index (κ2) is 7.30. The molecular formula is C12H12F3N3O5S2. The van der Waals surface area contributed by atoms with Crippen molar-refractivity contribution >= 4 is 31.6 Å². The second-order valence-electron chi connectivity index (χ2n) is 4.49. The Labute approximate surface area is 141 Å². The van der Waals surface area contributed by atoms with Crippen LogP contribution in [0.2, 0.25) is 0 Å². The first kappa shape index (κ1) is 20.7. The summed E-state index contributed by atoms with van der Waals surface area (Å²) in [7, 11) is -10.4. The number of urea groups is 1. The fraction of sp³-hybridized carbons (Fsp3) is 0.250. The summed E-state index contributed by atoms with van der Waals surface area (Å²) in [4.78, 5) is 9.26. The van der Waals surface area contributed by atoms with Gasteiger partial charge in [0, 0.05) is 13.0 Å². The van der Waals surface area contributed by atoms with Crippen LogP contribution in [0.15, 0.2) is 28.0 Å². The fourth-order valence-electron chi connectivity index (χ4n) is 1.54. The second-order valence-corrected chi connectivity index (χ2v) is 7.96. The molecule has 13 heteroatoms. The van der Waals surface area contributed by atoms with Gasteiger partial charge in [-0.25, -0.2) is 26.8 Å². The maximum absolute atomic E-state index is 12.8. The third-order valence-electron chi connectivity index (χ3n) is 2.68. The van der Waals surface area contributed by atoms with Gasteiger partial charge in [0.1, 0.15) is 4.90 Å². The minimum absolute atomic E-state index is 0.0149. The van der Waals surface area contributed by atoms with Crippen molar-refractivity contribution in [1.82, 2.24) is 5.32 Å². The predicted molar refractivity (Wildman–Crippen MR) is 81.5 cm³/mol. The molecule has 0 aliphatic rings. The third kappa shape index (κ3) is 5.08. The summed E-state index contributed by atoms with van der Waals surface area (Å²) in [6, 6.07) is 0.619. The molecule has 0 radical (unpaired) electrons. The molecule has 4 N–H and O–H groups in total. The molecule has 0 bridgehead atoms. The smallest absolute Gasteiger partial charge is 0.337 e. The molecule has 0 aromatic heterocycles. The van der Waals surface area contributed by atoms with Crippen LogP contribution >= 0.6 is 0 Å². The van der Waals surface area contributed by atoms with Crippen LogP contribution in [0.25, 0.3) is 0 Å². The van der Waals surface area contributed by atoms with E-state index in [4.69, 9.17) is 11.6 Å². The van der Waals surface area contributed by atoms with Gasteiger partial charge in [-0.05, 0) is 18.2 Å². The number of primary sulfonamides is 1. The number of alkyl halides is 3. The van der Waals surface area contributed by atoms with Crippen LogP contribution in [0, 0.1) is 12.3 Å². The zero-order chi connectivity index (χ0) is 19.5. The van der Waals surface area contributed by atoms with Gasteiger partial charge in [-0.3, -0.25) is 0 Å². The van der Waals surface area contributed by atoms with E-state index in [0.29, 0.717) is 6.07 Å². The van der Waals surface area contributed by atoms with Gasteiger partial charge in [-0.2, -0.15) is 13.2 Å². The highest BCUT2D eigenvalue weighted by atomic mass is 32.2. The Morgan fingerprint density at radius 3 is 2.32 bits per heavy atom. The predicted octanol–water partition coefficient (Wildman–Crippen LogP) is 0.772. The quantitative estimate of drug-likeness (QED) is 0.496. The van der Waals surface area contributed by atoms with Gasteiger partial charge in [0.2, 0.25) is 10.0 Å². The Hall–Kier alpha value is -2.30. The molecule has 0 aliphatic carbocycles. The highest BCUT2D eigenvalue weighted by Crippen LogP contribution is 2.35. The number of anilines is 1.